The van der Waals surface area contributed by atoms with E-state index in [1.54, 1.807) is 24.3 Å². The Bertz CT molecular complexity index is 1590. The molecule has 1 fully saturated rings. The van der Waals surface area contributed by atoms with E-state index in [0.29, 0.717) is 17.8 Å². The maximum absolute atomic E-state index is 13.1. The molecule has 0 radical (unpaired) electrons. The summed E-state index contributed by atoms with van der Waals surface area (Å²) in [7, 11) is 0. The second-order valence-electron chi connectivity index (χ2n) is 10.5. The fraction of sp³-hybridized carbons (Fsp3) is 0.294. The number of hydrogen-bond donors (Lipinski definition) is 4. The van der Waals surface area contributed by atoms with Crippen molar-refractivity contribution in [2.75, 3.05) is 19.7 Å². The number of likely N-dealkylation sites (tertiary alicyclic amines) is 1. The summed E-state index contributed by atoms with van der Waals surface area (Å²) in [4.78, 5) is 32.8. The molecule has 5 rings (SSSR count). The van der Waals surface area contributed by atoms with Crippen molar-refractivity contribution in [1.29, 1.82) is 0 Å². The number of nitrogens with one attached hydrogen (secondary N) is 3. The molecule has 0 saturated carbocycles. The first-order valence-corrected chi connectivity index (χ1v) is 14.4. The summed E-state index contributed by atoms with van der Waals surface area (Å²) < 4.78 is 13.1. The van der Waals surface area contributed by atoms with E-state index in [4.69, 9.17) is 0 Å². The molecule has 8 heteroatoms. The fourth-order valence-corrected chi connectivity index (χ4v) is 5.09. The first kappa shape index (κ1) is 30.5. The monoisotopic (exact) mass is 570 g/mol. The maximum Gasteiger partial charge on any atom is 0.270 e. The Morgan fingerprint density at radius 3 is 2.33 bits per heavy atom. The summed E-state index contributed by atoms with van der Waals surface area (Å²) in [6, 6.07) is 13.8. The van der Waals surface area contributed by atoms with Gasteiger partial charge in [0.1, 0.15) is 17.2 Å². The third-order valence-corrected chi connectivity index (χ3v) is 7.43. The molecule has 0 bridgehead atoms. The van der Waals surface area contributed by atoms with Crippen LogP contribution in [0.4, 0.5) is 4.39 Å². The highest BCUT2D eigenvalue weighted by Crippen LogP contribution is 2.20. The molecule has 2 aromatic carbocycles. The highest BCUT2D eigenvalue weighted by Gasteiger charge is 2.20. The normalized spacial score (nSPS) is 14.3. The number of piperidine rings is 1. The number of amides is 2. The van der Waals surface area contributed by atoms with Gasteiger partial charge in [-0.05, 0) is 85.7 Å². The number of rotatable bonds is 9. The Kier molecular flexibility index (Phi) is 10.5. The van der Waals surface area contributed by atoms with Gasteiger partial charge in [0.15, 0.2) is 0 Å². The summed E-state index contributed by atoms with van der Waals surface area (Å²) in [5.41, 5.74) is 4.91. The smallest absolute Gasteiger partial charge is 0.270 e. The second-order valence-corrected chi connectivity index (χ2v) is 10.5. The number of aromatic amines is 2. The lowest BCUT2D eigenvalue weighted by atomic mass is 10.1. The molecule has 2 amide bonds. The van der Waals surface area contributed by atoms with Crippen LogP contribution in [-0.4, -0.2) is 57.5 Å². The van der Waals surface area contributed by atoms with Crippen molar-refractivity contribution < 1.29 is 19.1 Å². The minimum absolute atomic E-state index is 0.0197. The Morgan fingerprint density at radius 1 is 1.00 bits per heavy atom. The van der Waals surface area contributed by atoms with E-state index < -0.39 is 0 Å². The highest BCUT2D eigenvalue weighted by molar-refractivity contribution is 5.99. The van der Waals surface area contributed by atoms with Gasteiger partial charge in [0, 0.05) is 34.9 Å². The van der Waals surface area contributed by atoms with E-state index in [-0.39, 0.29) is 30.3 Å². The lowest BCUT2D eigenvalue weighted by molar-refractivity contribution is 0.0719. The second kappa shape index (κ2) is 14.5. The third kappa shape index (κ3) is 7.64. The van der Waals surface area contributed by atoms with Crippen molar-refractivity contribution in [3.8, 4) is 0 Å². The minimum Gasteiger partial charge on any atom is -0.394 e. The van der Waals surface area contributed by atoms with Crippen molar-refractivity contribution in [2.45, 2.75) is 45.1 Å². The topological polar surface area (TPSA) is 101 Å². The summed E-state index contributed by atoms with van der Waals surface area (Å²) >= 11 is 0. The van der Waals surface area contributed by atoms with E-state index in [9.17, 15) is 19.1 Å². The van der Waals surface area contributed by atoms with Gasteiger partial charge in [0.2, 0.25) is 0 Å². The Labute approximate surface area is 245 Å². The van der Waals surface area contributed by atoms with Gasteiger partial charge in [-0.2, -0.15) is 0 Å². The average molecular weight is 571 g/mol. The molecule has 1 aliphatic heterocycles. The lowest BCUT2D eigenvalue weighted by Gasteiger charge is -2.26. The van der Waals surface area contributed by atoms with Crippen LogP contribution in [0.15, 0.2) is 85.5 Å². The minimum atomic E-state index is -0.376. The molecule has 0 aliphatic carbocycles. The molecule has 1 aliphatic rings. The van der Waals surface area contributed by atoms with Gasteiger partial charge in [-0.3, -0.25) is 9.59 Å². The van der Waals surface area contributed by atoms with E-state index in [1.165, 1.54) is 24.1 Å². The molecule has 4 N–H and O–H groups in total. The van der Waals surface area contributed by atoms with Crippen molar-refractivity contribution in [1.82, 2.24) is 20.2 Å². The van der Waals surface area contributed by atoms with E-state index in [1.807, 2.05) is 29.2 Å². The molecule has 0 spiro atoms. The van der Waals surface area contributed by atoms with Crippen molar-refractivity contribution in [2.24, 2.45) is 0 Å². The zero-order valence-corrected chi connectivity index (χ0v) is 24.1. The van der Waals surface area contributed by atoms with Gasteiger partial charge >= 0.3 is 0 Å². The molecule has 1 unspecified atom stereocenters. The predicted molar refractivity (Wildman–Crippen MR) is 167 cm³/mol. The van der Waals surface area contributed by atoms with Crippen LogP contribution in [0.5, 0.6) is 0 Å². The molecule has 220 valence electrons. The summed E-state index contributed by atoms with van der Waals surface area (Å²) in [6.45, 7) is 11.0. The molecule has 3 heterocycles. The summed E-state index contributed by atoms with van der Waals surface area (Å²) in [6.07, 6.45) is 9.97. The van der Waals surface area contributed by atoms with Crippen LogP contribution >= 0.6 is 0 Å². The molecule has 7 nitrogen and oxygen atoms in total. The van der Waals surface area contributed by atoms with E-state index in [2.05, 4.69) is 41.4 Å². The highest BCUT2D eigenvalue weighted by atomic mass is 19.1. The fourth-order valence-electron chi connectivity index (χ4n) is 5.09. The predicted octanol–water partition coefficient (Wildman–Crippen LogP) is 6.44. The first-order chi connectivity index (χ1) is 20.3. The number of aromatic nitrogens is 2. The number of aryl methyl sites for hydroxylation is 1. The standard InChI is InChI=1S/C20H24N2O2.C14H15FN2O/c1-4-7-14(5-2)11-17(13-23)21-20(24)19-12-16-10-15(6-3)8-9-18(16)22-19;15-11-4-5-12-10(8-11)9-13(16-12)14(18)17-6-2-1-3-7-17/h4-5,7-10,12,17,22-23H,1-2,6,11,13H2,3H3,(H,21,24);4-5,8-9,16H,1-3,6-7H2/b14-7+;. The largest absolute Gasteiger partial charge is 0.394 e. The van der Waals surface area contributed by atoms with Gasteiger partial charge in [-0.25, -0.2) is 4.39 Å². The Balaban J connectivity index is 0.000000200. The zero-order valence-electron chi connectivity index (χ0n) is 24.1. The van der Waals surface area contributed by atoms with Crippen molar-refractivity contribution in [3.63, 3.8) is 0 Å². The van der Waals surface area contributed by atoms with Crippen LogP contribution in [0, 0.1) is 5.82 Å². The number of hydrogen-bond acceptors (Lipinski definition) is 3. The average Bonchev–Trinajstić information content (AvgIpc) is 3.64. The third-order valence-electron chi connectivity index (χ3n) is 7.43. The summed E-state index contributed by atoms with van der Waals surface area (Å²) in [5, 5.41) is 14.1. The van der Waals surface area contributed by atoms with Crippen LogP contribution in [0.3, 0.4) is 0 Å². The Morgan fingerprint density at radius 2 is 1.67 bits per heavy atom. The number of allylic oxidation sites excluding steroid dienone is 3. The van der Waals surface area contributed by atoms with Gasteiger partial charge < -0.3 is 25.3 Å². The molecule has 2 aromatic heterocycles. The van der Waals surface area contributed by atoms with Gasteiger partial charge in [0.25, 0.3) is 11.8 Å². The van der Waals surface area contributed by atoms with Gasteiger partial charge in [0.05, 0.1) is 12.6 Å². The first-order valence-electron chi connectivity index (χ1n) is 14.4. The lowest BCUT2D eigenvalue weighted by Crippen LogP contribution is -2.37. The number of aliphatic hydroxyl groups is 1. The zero-order chi connectivity index (χ0) is 30.1. The molecular weight excluding hydrogens is 531 g/mol. The number of benzene rings is 2. The van der Waals surface area contributed by atoms with Gasteiger partial charge in [-0.1, -0.05) is 44.4 Å². The molecule has 1 saturated heterocycles. The van der Waals surface area contributed by atoms with Crippen molar-refractivity contribution in [3.05, 3.63) is 108 Å². The number of H-pyrrole nitrogens is 2. The number of carbonyl (C=O) groups excluding carboxylic acids is 2. The van der Waals surface area contributed by atoms with E-state index >= 15 is 0 Å². The summed E-state index contributed by atoms with van der Waals surface area (Å²) in [5.74, 6) is -0.491. The number of halogens is 1. The van der Waals surface area contributed by atoms with E-state index in [0.717, 1.165) is 59.7 Å². The molecule has 42 heavy (non-hydrogen) atoms. The number of carbonyl (C=O) groups is 2. The van der Waals surface area contributed by atoms with Crippen LogP contribution in [-0.2, 0) is 6.42 Å². The maximum atomic E-state index is 13.1. The quantitative estimate of drug-likeness (QED) is 0.174. The number of nitrogens with zero attached hydrogens (tertiary/aromatic N) is 1. The number of fused-ring (bicyclic) bond motifs is 2. The SMILES string of the molecule is C=C/C=C(\C=C)CC(CO)NC(=O)c1cc2cc(CC)ccc2[nH]1.O=C(c1cc2cc(F)ccc2[nH]1)N1CCCCC1. The Hall–Kier alpha value is -4.43. The van der Waals surface area contributed by atoms with Crippen LogP contribution < -0.4 is 5.32 Å². The van der Waals surface area contributed by atoms with Crippen molar-refractivity contribution >= 4 is 33.6 Å². The van der Waals surface area contributed by atoms with Gasteiger partial charge in [-0.15, -0.1) is 0 Å². The molecule has 1 atom stereocenters. The molecule has 4 aromatic rings. The number of aliphatic hydroxyl groups excluding tert-OH is 1. The van der Waals surface area contributed by atoms with Crippen LogP contribution in [0.25, 0.3) is 21.8 Å². The molecular formula is C34H39FN4O3. The van der Waals surface area contributed by atoms with Crippen LogP contribution in [0.2, 0.25) is 0 Å². The van der Waals surface area contributed by atoms with Crippen LogP contribution in [0.1, 0.15) is 59.1 Å².